The highest BCUT2D eigenvalue weighted by Crippen LogP contribution is 2.54. The second-order valence-corrected chi connectivity index (χ2v) is 12.0. The first-order chi connectivity index (χ1) is 21.0. The van der Waals surface area contributed by atoms with Gasteiger partial charge in [-0.2, -0.15) is 0 Å². The molecule has 0 fully saturated rings. The summed E-state index contributed by atoms with van der Waals surface area (Å²) in [4.78, 5) is 55.8. The summed E-state index contributed by atoms with van der Waals surface area (Å²) in [5, 5.41) is 50.6. The van der Waals surface area contributed by atoms with E-state index in [9.17, 15) is 44.0 Å². The van der Waals surface area contributed by atoms with Gasteiger partial charge in [-0.15, -0.1) is 0 Å². The van der Waals surface area contributed by atoms with E-state index in [-0.39, 0.29) is 35.4 Å². The van der Waals surface area contributed by atoms with E-state index < -0.39 is 75.6 Å². The number of anilines is 3. The molecule has 14 heteroatoms. The Morgan fingerprint density at radius 3 is 2.31 bits per heavy atom. The van der Waals surface area contributed by atoms with E-state index in [2.05, 4.69) is 10.6 Å². The first kappa shape index (κ1) is 31.5. The Balaban J connectivity index is 1.61. The minimum absolute atomic E-state index is 0.0567. The van der Waals surface area contributed by atoms with Crippen LogP contribution in [-0.4, -0.2) is 88.7 Å². The van der Waals surface area contributed by atoms with Crippen molar-refractivity contribution in [1.82, 2.24) is 4.90 Å². The van der Waals surface area contributed by atoms with Gasteiger partial charge in [0.2, 0.25) is 5.78 Å². The van der Waals surface area contributed by atoms with Gasteiger partial charge in [0.15, 0.2) is 17.1 Å². The molecule has 2 aromatic carbocycles. The van der Waals surface area contributed by atoms with Gasteiger partial charge < -0.3 is 41.7 Å². The standard InChI is InChI=1S/C31H34FN5O8/c1-12-8-14(6-7-17(12)32)34-30(44)35-18-11-19(36(2)3)15-9-13-10-16-23(37(4)5)26(40)22(29(33)43)28(42)31(16,45)27(41)20(13)25(39)21(15)24(18)38/h6-8,11,13,16,23,38,40-41,45H,9-10H2,1-5H3,(H2,33,43)(H2,34,35,44)/t13-,16-,23-,31-/m0/s1. The molecule has 0 aromatic heterocycles. The Bertz CT molecular complexity index is 1750. The van der Waals surface area contributed by atoms with Crippen LogP contribution in [0, 0.1) is 24.6 Å². The van der Waals surface area contributed by atoms with E-state index in [0.717, 1.165) is 0 Å². The van der Waals surface area contributed by atoms with Crippen LogP contribution in [0.3, 0.4) is 0 Å². The normalized spacial score (nSPS) is 24.2. The first-order valence-electron chi connectivity index (χ1n) is 14.1. The van der Waals surface area contributed by atoms with Crippen LogP contribution in [-0.2, 0) is 16.0 Å². The van der Waals surface area contributed by atoms with Crippen molar-refractivity contribution in [1.29, 1.82) is 0 Å². The quantitative estimate of drug-likeness (QED) is 0.191. The molecule has 0 spiro atoms. The topological polar surface area (TPSA) is 206 Å². The Hall–Kier alpha value is -4.95. The Labute approximate surface area is 257 Å². The van der Waals surface area contributed by atoms with Crippen molar-refractivity contribution in [3.8, 4) is 5.75 Å². The van der Waals surface area contributed by atoms with E-state index in [1.807, 2.05) is 0 Å². The minimum Gasteiger partial charge on any atom is -0.510 e. The third-order valence-corrected chi connectivity index (χ3v) is 8.84. The number of aryl methyl sites for hydroxylation is 1. The van der Waals surface area contributed by atoms with E-state index in [4.69, 9.17) is 5.73 Å². The van der Waals surface area contributed by atoms with Gasteiger partial charge in [0.1, 0.15) is 22.9 Å². The average molecular weight is 624 g/mol. The van der Waals surface area contributed by atoms with Gasteiger partial charge in [0, 0.05) is 37.0 Å². The van der Waals surface area contributed by atoms with Crippen molar-refractivity contribution in [3.05, 3.63) is 69.4 Å². The van der Waals surface area contributed by atoms with Crippen LogP contribution < -0.4 is 21.3 Å². The first-order valence-corrected chi connectivity index (χ1v) is 14.1. The molecule has 4 atom stereocenters. The zero-order valence-electron chi connectivity index (χ0n) is 25.2. The number of allylic oxidation sites excluding steroid dienone is 1. The van der Waals surface area contributed by atoms with E-state index in [1.54, 1.807) is 33.1 Å². The molecule has 3 amide bonds. The van der Waals surface area contributed by atoms with Crippen molar-refractivity contribution in [2.75, 3.05) is 43.7 Å². The van der Waals surface area contributed by atoms with Crippen LogP contribution >= 0.6 is 0 Å². The number of Topliss-reactive ketones (excluding diaryl/α,β-unsaturated/α-hetero) is 2. The summed E-state index contributed by atoms with van der Waals surface area (Å²) in [5.41, 5.74) is 2.42. The number of primary amides is 1. The summed E-state index contributed by atoms with van der Waals surface area (Å²) in [5.74, 6) is -8.15. The Kier molecular flexibility index (Phi) is 7.62. The molecule has 8 N–H and O–H groups in total. The van der Waals surface area contributed by atoms with Crippen molar-refractivity contribution < 1.29 is 44.0 Å². The number of halogens is 1. The lowest BCUT2D eigenvalue weighted by Gasteiger charge is -2.50. The van der Waals surface area contributed by atoms with Gasteiger partial charge in [0.25, 0.3) is 5.91 Å². The predicted molar refractivity (Wildman–Crippen MR) is 162 cm³/mol. The number of likely N-dealkylation sites (N-methyl/N-ethyl adjacent to an activating group) is 1. The molecule has 2 aromatic rings. The van der Waals surface area contributed by atoms with Crippen molar-refractivity contribution in [2.45, 2.75) is 31.4 Å². The molecule has 0 bridgehead atoms. The number of nitrogens with one attached hydrogen (secondary N) is 2. The van der Waals surface area contributed by atoms with E-state index in [1.165, 1.54) is 36.1 Å². The summed E-state index contributed by atoms with van der Waals surface area (Å²) in [6.45, 7) is 1.53. The highest BCUT2D eigenvalue weighted by atomic mass is 19.1. The maximum Gasteiger partial charge on any atom is 0.323 e. The Morgan fingerprint density at radius 2 is 1.73 bits per heavy atom. The number of benzene rings is 2. The number of aromatic hydroxyl groups is 1. The zero-order chi connectivity index (χ0) is 33.3. The fourth-order valence-electron chi connectivity index (χ4n) is 6.80. The number of aliphatic hydroxyl groups excluding tert-OH is 2. The number of nitrogens with zero attached hydrogens (tertiary/aromatic N) is 2. The molecule has 3 aliphatic carbocycles. The van der Waals surface area contributed by atoms with Gasteiger partial charge in [-0.25, -0.2) is 9.18 Å². The van der Waals surface area contributed by atoms with Crippen LogP contribution in [0.15, 0.2) is 46.9 Å². The van der Waals surface area contributed by atoms with Gasteiger partial charge >= 0.3 is 6.03 Å². The molecule has 0 radical (unpaired) electrons. The SMILES string of the molecule is Cc1cc(NC(=O)Nc2cc(N(C)C)c3c(c2O)C(=O)C2=C(O)[C@]4(O)C(=O)C(C(N)=O)=C(O)[C@@H](N(C)C)[C@@H]4C[C@@H]2C3)ccc1F. The summed E-state index contributed by atoms with van der Waals surface area (Å²) in [6.07, 6.45) is 0.0236. The van der Waals surface area contributed by atoms with Gasteiger partial charge in [-0.3, -0.25) is 19.3 Å². The number of phenolic OH excluding ortho intramolecular Hbond substituents is 1. The molecule has 5 rings (SSSR count). The molecular weight excluding hydrogens is 589 g/mol. The monoisotopic (exact) mass is 623 g/mol. The van der Waals surface area contributed by atoms with Gasteiger partial charge in [0.05, 0.1) is 17.3 Å². The molecule has 0 unspecified atom stereocenters. The summed E-state index contributed by atoms with van der Waals surface area (Å²) >= 11 is 0. The fourth-order valence-corrected chi connectivity index (χ4v) is 6.80. The lowest BCUT2D eigenvalue weighted by atomic mass is 9.58. The minimum atomic E-state index is -2.77. The second kappa shape index (κ2) is 10.9. The second-order valence-electron chi connectivity index (χ2n) is 12.0. The molecule has 3 aliphatic rings. The smallest absolute Gasteiger partial charge is 0.323 e. The third-order valence-electron chi connectivity index (χ3n) is 8.84. The van der Waals surface area contributed by atoms with Gasteiger partial charge in [-0.1, -0.05) is 0 Å². The number of nitrogens with two attached hydrogens (primary N) is 1. The predicted octanol–water partition coefficient (Wildman–Crippen LogP) is 2.28. The molecule has 0 saturated carbocycles. The summed E-state index contributed by atoms with van der Waals surface area (Å²) in [7, 11) is 6.50. The number of fused-ring (bicyclic) bond motifs is 3. The van der Waals surface area contributed by atoms with Crippen LogP contribution in [0.5, 0.6) is 5.75 Å². The molecule has 0 heterocycles. The lowest BCUT2D eigenvalue weighted by molar-refractivity contribution is -0.148. The molecule has 0 aliphatic heterocycles. The molecule has 238 valence electrons. The third kappa shape index (κ3) is 4.77. The highest BCUT2D eigenvalue weighted by molar-refractivity contribution is 6.25. The lowest BCUT2D eigenvalue weighted by Crippen LogP contribution is -2.63. The molecule has 45 heavy (non-hydrogen) atoms. The van der Waals surface area contributed by atoms with Crippen molar-refractivity contribution >= 4 is 40.6 Å². The van der Waals surface area contributed by atoms with Crippen molar-refractivity contribution in [2.24, 2.45) is 17.6 Å². The number of hydrogen-bond donors (Lipinski definition) is 7. The number of carbonyl (C=O) groups is 4. The van der Waals surface area contributed by atoms with Crippen LogP contribution in [0.25, 0.3) is 0 Å². The van der Waals surface area contributed by atoms with E-state index in [0.29, 0.717) is 16.8 Å². The fraction of sp³-hybridized carbons (Fsp3) is 0.355. The number of carbonyl (C=O) groups excluding carboxylic acids is 4. The molecule has 0 saturated heterocycles. The molecular formula is C31H34FN5O8. The molecule has 13 nitrogen and oxygen atoms in total. The van der Waals surface area contributed by atoms with Crippen LogP contribution in [0.4, 0.5) is 26.2 Å². The maximum absolute atomic E-state index is 14.1. The number of rotatable bonds is 5. The number of urea groups is 1. The summed E-state index contributed by atoms with van der Waals surface area (Å²) in [6, 6.07) is 3.53. The maximum atomic E-state index is 14.1. The summed E-state index contributed by atoms with van der Waals surface area (Å²) < 4.78 is 13.7. The Morgan fingerprint density at radius 1 is 1.07 bits per heavy atom. The zero-order valence-corrected chi connectivity index (χ0v) is 25.2. The number of hydrogen-bond acceptors (Lipinski definition) is 10. The average Bonchev–Trinajstić information content (AvgIpc) is 2.93. The number of phenols is 1. The van der Waals surface area contributed by atoms with E-state index >= 15 is 0 Å². The van der Waals surface area contributed by atoms with Crippen LogP contribution in [0.1, 0.15) is 27.9 Å². The number of amides is 3. The number of aliphatic hydroxyl groups is 3. The van der Waals surface area contributed by atoms with Crippen LogP contribution in [0.2, 0.25) is 0 Å². The largest absolute Gasteiger partial charge is 0.510 e. The highest BCUT2D eigenvalue weighted by Gasteiger charge is 2.63. The number of ketones is 2. The van der Waals surface area contributed by atoms with Crippen molar-refractivity contribution in [3.63, 3.8) is 0 Å². The van der Waals surface area contributed by atoms with Gasteiger partial charge in [-0.05, 0) is 75.2 Å².